The van der Waals surface area contributed by atoms with E-state index in [2.05, 4.69) is 107 Å². The Kier molecular flexibility index (Phi) is 7.24. The van der Waals surface area contributed by atoms with Gasteiger partial charge in [-0.25, -0.2) is 0 Å². The summed E-state index contributed by atoms with van der Waals surface area (Å²) in [6.45, 7) is 9.34. The van der Waals surface area contributed by atoms with Gasteiger partial charge in [-0.15, -0.1) is 0 Å². The summed E-state index contributed by atoms with van der Waals surface area (Å²) in [5.74, 6) is 0.941. The molecule has 3 aromatic rings. The fourth-order valence-electron chi connectivity index (χ4n) is 4.65. The normalized spacial score (nSPS) is 12.6. The van der Waals surface area contributed by atoms with Gasteiger partial charge in [-0.3, -0.25) is 0 Å². The van der Waals surface area contributed by atoms with Gasteiger partial charge in [0, 0.05) is 0 Å². The van der Waals surface area contributed by atoms with Gasteiger partial charge in [0.15, 0.2) is 0 Å². The van der Waals surface area contributed by atoms with Crippen molar-refractivity contribution >= 4 is 29.8 Å². The quantitative estimate of drug-likeness (QED) is 0.286. The molecule has 0 spiro atoms. The van der Waals surface area contributed by atoms with Crippen molar-refractivity contribution in [3.63, 3.8) is 0 Å². The number of hydrogen-bond donors (Lipinski definition) is 0. The first kappa shape index (κ1) is 23.2. The van der Waals surface area contributed by atoms with E-state index in [1.54, 1.807) is 7.11 Å². The van der Waals surface area contributed by atoms with E-state index in [9.17, 15) is 0 Å². The van der Waals surface area contributed by atoms with Gasteiger partial charge in [-0.05, 0) is 0 Å². The molecule has 30 heavy (non-hydrogen) atoms. The van der Waals surface area contributed by atoms with Crippen molar-refractivity contribution in [1.29, 1.82) is 0 Å². The van der Waals surface area contributed by atoms with Crippen LogP contribution in [0.5, 0.6) is 5.75 Å². The SMILES string of the molecule is COc1cccc[c]1[Sn]([Cl])([CH2]C(C)(C)c1ccccc1)[CH2]C(C)(C)c1ccccc1. The van der Waals surface area contributed by atoms with Crippen molar-refractivity contribution in [2.45, 2.75) is 47.4 Å². The average molecular weight is 528 g/mol. The third-order valence-electron chi connectivity index (χ3n) is 6.14. The number of rotatable bonds is 8. The molecule has 0 aliphatic carbocycles. The maximum atomic E-state index is 7.85. The Balaban J connectivity index is 2.07. The number of ether oxygens (including phenoxy) is 1. The Morgan fingerprint density at radius 1 is 0.667 bits per heavy atom. The van der Waals surface area contributed by atoms with Gasteiger partial charge in [0.25, 0.3) is 0 Å². The molecule has 0 N–H and O–H groups in total. The van der Waals surface area contributed by atoms with Crippen LogP contribution in [-0.2, 0) is 10.8 Å². The van der Waals surface area contributed by atoms with E-state index >= 15 is 0 Å². The van der Waals surface area contributed by atoms with Crippen LogP contribution in [0.2, 0.25) is 8.87 Å². The van der Waals surface area contributed by atoms with Crippen LogP contribution in [0.4, 0.5) is 0 Å². The Bertz CT molecular complexity index is 897. The Hall–Kier alpha value is -1.45. The third kappa shape index (κ3) is 5.23. The van der Waals surface area contributed by atoms with E-state index in [1.807, 2.05) is 6.07 Å². The summed E-state index contributed by atoms with van der Waals surface area (Å²) in [5.41, 5.74) is 2.68. The molecular weight excluding hydrogens is 494 g/mol. The predicted molar refractivity (Wildman–Crippen MR) is 133 cm³/mol. The summed E-state index contributed by atoms with van der Waals surface area (Å²) < 4.78 is 9.08. The molecule has 3 aromatic carbocycles. The molecule has 0 saturated carbocycles. The molecule has 0 heterocycles. The Morgan fingerprint density at radius 2 is 1.07 bits per heavy atom. The second-order valence-corrected chi connectivity index (χ2v) is 23.4. The first-order valence-corrected chi connectivity index (χ1v) is 19.7. The predicted octanol–water partition coefficient (Wildman–Crippen LogP) is 7.04. The molecular formula is C27H33ClOSn. The minimum absolute atomic E-state index is 0.00723. The van der Waals surface area contributed by atoms with Crippen molar-refractivity contribution < 1.29 is 4.74 Å². The molecule has 0 fully saturated rings. The van der Waals surface area contributed by atoms with Crippen LogP contribution < -0.4 is 8.32 Å². The standard InChI is InChI=1S/2C10H13.C7H7O.ClH.Sn/c2*1-10(2,3)9-7-5-4-6-8-9;1-8-7-5-3-2-4-6-7;;/h2*4-8H,1H2,2-3H3;2-5H,1H3;1H;/q;;;;+1/p-1. The minimum atomic E-state index is -3.45. The summed E-state index contributed by atoms with van der Waals surface area (Å²) in [6.07, 6.45) is 0. The molecule has 0 unspecified atom stereocenters. The van der Waals surface area contributed by atoms with Crippen LogP contribution in [0.1, 0.15) is 38.8 Å². The van der Waals surface area contributed by atoms with Gasteiger partial charge in [0.2, 0.25) is 0 Å². The van der Waals surface area contributed by atoms with Crippen molar-refractivity contribution in [3.8, 4) is 5.75 Å². The number of benzene rings is 3. The number of hydrogen-bond acceptors (Lipinski definition) is 1. The first-order chi connectivity index (χ1) is 14.2. The Labute approximate surface area is 190 Å². The number of para-hydroxylation sites is 1. The Morgan fingerprint density at radius 3 is 1.50 bits per heavy atom. The summed E-state index contributed by atoms with van der Waals surface area (Å²) in [7, 11) is 9.60. The molecule has 0 amide bonds. The monoisotopic (exact) mass is 528 g/mol. The van der Waals surface area contributed by atoms with Crippen LogP contribution in [0, 0.1) is 0 Å². The zero-order valence-electron chi connectivity index (χ0n) is 18.8. The zero-order chi connectivity index (χ0) is 21.8. The van der Waals surface area contributed by atoms with Gasteiger partial charge in [-0.2, -0.15) is 0 Å². The summed E-state index contributed by atoms with van der Waals surface area (Å²) in [4.78, 5) is 0. The van der Waals surface area contributed by atoms with Gasteiger partial charge in [-0.1, -0.05) is 0 Å². The van der Waals surface area contributed by atoms with E-state index in [4.69, 9.17) is 13.7 Å². The van der Waals surface area contributed by atoms with Crippen molar-refractivity contribution in [1.82, 2.24) is 0 Å². The fourth-order valence-corrected chi connectivity index (χ4v) is 23.7. The molecule has 3 rings (SSSR count). The second kappa shape index (κ2) is 9.36. The van der Waals surface area contributed by atoms with Crippen LogP contribution in [0.15, 0.2) is 84.9 Å². The summed E-state index contributed by atoms with van der Waals surface area (Å²) in [6, 6.07) is 30.0. The van der Waals surface area contributed by atoms with E-state index < -0.39 is 17.3 Å². The molecule has 0 bridgehead atoms. The van der Waals surface area contributed by atoms with Crippen LogP contribution >= 0.6 is 8.92 Å². The molecule has 0 aromatic heterocycles. The molecule has 1 nitrogen and oxygen atoms in total. The summed E-state index contributed by atoms with van der Waals surface area (Å²) in [5, 5.41) is 0. The number of methoxy groups -OCH3 is 1. The fraction of sp³-hybridized carbons (Fsp3) is 0.333. The number of halogens is 1. The molecule has 0 aliphatic heterocycles. The summed E-state index contributed by atoms with van der Waals surface area (Å²) >= 11 is -3.45. The zero-order valence-corrected chi connectivity index (χ0v) is 22.4. The molecule has 0 aliphatic rings. The van der Waals surface area contributed by atoms with E-state index in [-0.39, 0.29) is 10.8 Å². The topological polar surface area (TPSA) is 9.23 Å². The van der Waals surface area contributed by atoms with E-state index in [0.29, 0.717) is 0 Å². The average Bonchev–Trinajstić information content (AvgIpc) is 2.74. The van der Waals surface area contributed by atoms with Gasteiger partial charge in [0.1, 0.15) is 0 Å². The van der Waals surface area contributed by atoms with Crippen LogP contribution in [0.3, 0.4) is 0 Å². The van der Waals surface area contributed by atoms with Gasteiger partial charge < -0.3 is 0 Å². The first-order valence-electron chi connectivity index (χ1n) is 10.6. The molecule has 0 atom stereocenters. The van der Waals surface area contributed by atoms with Crippen molar-refractivity contribution in [3.05, 3.63) is 96.1 Å². The van der Waals surface area contributed by atoms with Crippen LogP contribution in [0.25, 0.3) is 0 Å². The molecule has 3 heteroatoms. The van der Waals surface area contributed by atoms with Crippen molar-refractivity contribution in [2.75, 3.05) is 7.11 Å². The molecule has 0 radical (unpaired) electrons. The molecule has 0 saturated heterocycles. The van der Waals surface area contributed by atoms with E-state index in [0.717, 1.165) is 14.6 Å². The van der Waals surface area contributed by atoms with Gasteiger partial charge >= 0.3 is 191 Å². The third-order valence-corrected chi connectivity index (χ3v) is 21.5. The van der Waals surface area contributed by atoms with Crippen LogP contribution in [-0.4, -0.2) is 24.4 Å². The maximum absolute atomic E-state index is 7.85. The van der Waals surface area contributed by atoms with Crippen molar-refractivity contribution in [2.24, 2.45) is 0 Å². The second-order valence-electron chi connectivity index (χ2n) is 9.52. The van der Waals surface area contributed by atoms with Gasteiger partial charge in [0.05, 0.1) is 0 Å². The van der Waals surface area contributed by atoms with E-state index in [1.165, 1.54) is 14.7 Å². The molecule has 158 valence electrons.